The van der Waals surface area contributed by atoms with Crippen molar-refractivity contribution < 1.29 is 21.2 Å². The molecule has 0 N–H and O–H groups in total. The molecule has 0 saturated carbocycles. The molecule has 0 saturated heterocycles. The molecule has 0 aliphatic rings. The van der Waals surface area contributed by atoms with Crippen LogP contribution < -0.4 is 21.2 Å². The second-order valence-electron chi connectivity index (χ2n) is 4.25. The fraction of sp³-hybridized carbons (Fsp3) is 0.250. The highest BCUT2D eigenvalue weighted by Crippen LogP contribution is 2.16. The van der Waals surface area contributed by atoms with Gasteiger partial charge in [0, 0.05) is 0 Å². The fourth-order valence-corrected chi connectivity index (χ4v) is 3.91. The van der Waals surface area contributed by atoms with Crippen molar-refractivity contribution in [2.75, 3.05) is 0 Å². The topological polar surface area (TPSA) is 0 Å². The molecule has 0 amide bonds. The van der Waals surface area contributed by atoms with E-state index in [-0.39, 0.29) is 21.2 Å². The van der Waals surface area contributed by atoms with Crippen LogP contribution in [0.3, 0.4) is 0 Å². The van der Waals surface area contributed by atoms with E-state index in [1.807, 2.05) is 0 Å². The lowest BCUT2D eigenvalue weighted by Gasteiger charge is -2.07. The van der Waals surface area contributed by atoms with E-state index in [2.05, 4.69) is 68.4 Å². The van der Waals surface area contributed by atoms with E-state index < -0.39 is 0 Å². The van der Waals surface area contributed by atoms with E-state index >= 15 is 0 Å². The Morgan fingerprint density at radius 1 is 0.882 bits per heavy atom. The fourth-order valence-electron chi connectivity index (χ4n) is 1.69. The first-order valence-electron chi connectivity index (χ1n) is 6.09. The summed E-state index contributed by atoms with van der Waals surface area (Å²) in [5.41, 5.74) is 1.47. The third-order valence-corrected chi connectivity index (χ3v) is 5.69. The molecule has 0 aliphatic heterocycles. The van der Waals surface area contributed by atoms with Crippen LogP contribution >= 0.6 is 0 Å². The van der Waals surface area contributed by atoms with E-state index in [1.165, 1.54) is 19.1 Å². The zero-order chi connectivity index (χ0) is 12.1. The first kappa shape index (κ1) is 12.6. The van der Waals surface area contributed by atoms with Crippen LogP contribution in [0.5, 0.6) is 0 Å². The summed E-state index contributed by atoms with van der Waals surface area (Å²) in [4.78, 5) is 0. The van der Waals surface area contributed by atoms with Gasteiger partial charge >= 0.3 is 21.2 Å². The molecule has 88 valence electrons. The lowest BCUT2D eigenvalue weighted by atomic mass is 9.99. The molecule has 2 rings (SSSR count). The first-order chi connectivity index (χ1) is 8.29. The minimum Gasteiger partial charge on any atom is -0.0648 e. The smallest absolute Gasteiger partial charge is 0.0648 e. The lowest BCUT2D eigenvalue weighted by molar-refractivity contribution is -0.597. The molecular formula is C16H18I+. The molecule has 0 spiro atoms. The van der Waals surface area contributed by atoms with Gasteiger partial charge in [0.1, 0.15) is 0 Å². The lowest BCUT2D eigenvalue weighted by Crippen LogP contribution is -3.61. The highest BCUT2D eigenvalue weighted by molar-refractivity contribution is 5.18. The number of benzene rings is 2. The van der Waals surface area contributed by atoms with Gasteiger partial charge in [-0.25, -0.2) is 0 Å². The monoisotopic (exact) mass is 337 g/mol. The van der Waals surface area contributed by atoms with Crippen LogP contribution in [-0.4, -0.2) is 0 Å². The molecule has 1 heteroatoms. The Hall–Kier alpha value is -0.830. The van der Waals surface area contributed by atoms with Crippen molar-refractivity contribution in [3.63, 3.8) is 0 Å². The molecule has 0 aliphatic carbocycles. The van der Waals surface area contributed by atoms with Crippen LogP contribution in [0.15, 0.2) is 54.6 Å². The normalized spacial score (nSPS) is 12.4. The summed E-state index contributed by atoms with van der Waals surface area (Å²) in [6.45, 7) is 4.54. The van der Waals surface area contributed by atoms with Crippen LogP contribution in [0.4, 0.5) is 0 Å². The molecule has 2 aromatic carbocycles. The van der Waals surface area contributed by atoms with Gasteiger partial charge in [-0.05, 0) is 42.2 Å². The third-order valence-electron chi connectivity index (χ3n) is 3.00. The maximum Gasteiger partial charge on any atom is 0.357 e. The quantitative estimate of drug-likeness (QED) is 0.739. The molecule has 1 atom stereocenters. The molecule has 0 fully saturated rings. The molecule has 0 radical (unpaired) electrons. The number of hydrogen-bond donors (Lipinski definition) is 0. The number of halogens is 1. The molecule has 1 unspecified atom stereocenters. The Morgan fingerprint density at radius 3 is 2.06 bits per heavy atom. The van der Waals surface area contributed by atoms with Crippen molar-refractivity contribution in [3.8, 4) is 0 Å². The van der Waals surface area contributed by atoms with Crippen LogP contribution in [0, 0.1) is 7.14 Å². The Bertz CT molecular complexity index is 445. The minimum absolute atomic E-state index is 0.00842. The highest BCUT2D eigenvalue weighted by Gasteiger charge is 2.14. The van der Waals surface area contributed by atoms with Crippen molar-refractivity contribution in [1.82, 2.24) is 0 Å². The van der Waals surface area contributed by atoms with Crippen molar-refractivity contribution in [3.05, 3.63) is 67.3 Å². The second-order valence-corrected chi connectivity index (χ2v) is 7.28. The molecular weight excluding hydrogens is 319 g/mol. The molecule has 0 bridgehead atoms. The van der Waals surface area contributed by atoms with Gasteiger partial charge in [-0.3, -0.25) is 0 Å². The average Bonchev–Trinajstić information content (AvgIpc) is 2.40. The van der Waals surface area contributed by atoms with Crippen molar-refractivity contribution in [2.45, 2.75) is 26.2 Å². The predicted octanol–water partition coefficient (Wildman–Crippen LogP) is 1.33. The van der Waals surface area contributed by atoms with Gasteiger partial charge < -0.3 is 0 Å². The third kappa shape index (κ3) is 3.56. The van der Waals surface area contributed by atoms with Gasteiger partial charge in [-0.2, -0.15) is 0 Å². The maximum atomic E-state index is 2.31. The molecule has 0 heterocycles. The Labute approximate surface area is 114 Å². The van der Waals surface area contributed by atoms with Gasteiger partial charge in [0.2, 0.25) is 0 Å². The van der Waals surface area contributed by atoms with E-state index in [9.17, 15) is 0 Å². The average molecular weight is 337 g/mol. The van der Waals surface area contributed by atoms with Crippen LogP contribution in [0.2, 0.25) is 0 Å². The summed E-state index contributed by atoms with van der Waals surface area (Å²) in [6.07, 6.45) is 1.22. The van der Waals surface area contributed by atoms with Gasteiger partial charge in [0.15, 0.2) is 7.14 Å². The molecule has 2 aromatic rings. The summed E-state index contributed by atoms with van der Waals surface area (Å²) < 4.78 is 2.99. The summed E-state index contributed by atoms with van der Waals surface area (Å²) in [7, 11) is 0. The van der Waals surface area contributed by atoms with Crippen molar-refractivity contribution >= 4 is 0 Å². The van der Waals surface area contributed by atoms with E-state index in [0.717, 1.165) is 0 Å². The summed E-state index contributed by atoms with van der Waals surface area (Å²) in [6, 6.07) is 20.0. The van der Waals surface area contributed by atoms with Crippen LogP contribution in [0.25, 0.3) is 0 Å². The van der Waals surface area contributed by atoms with E-state index in [0.29, 0.717) is 5.92 Å². The highest BCUT2D eigenvalue weighted by atomic mass is 127. The van der Waals surface area contributed by atoms with Crippen molar-refractivity contribution in [2.24, 2.45) is 0 Å². The van der Waals surface area contributed by atoms with Gasteiger partial charge in [0.05, 0.1) is 0 Å². The standard InChI is InChI=1S/C16H18I/c1-3-13(2)14-9-11-16(12-10-14)17-15-7-5-4-6-8-15/h4-13H,3H2,1-2H3/q+1. The van der Waals surface area contributed by atoms with Gasteiger partial charge in [-0.15, -0.1) is 0 Å². The van der Waals surface area contributed by atoms with Crippen LogP contribution in [-0.2, 0) is 0 Å². The maximum absolute atomic E-state index is 2.31. The van der Waals surface area contributed by atoms with Gasteiger partial charge in [0.25, 0.3) is 0 Å². The van der Waals surface area contributed by atoms with Crippen molar-refractivity contribution in [1.29, 1.82) is 0 Å². The first-order valence-corrected chi connectivity index (χ1v) is 8.25. The predicted molar refractivity (Wildman–Crippen MR) is 69.0 cm³/mol. The SMILES string of the molecule is CCC(C)c1ccc([I+]c2ccccc2)cc1. The molecule has 0 nitrogen and oxygen atoms in total. The molecule has 0 aromatic heterocycles. The van der Waals surface area contributed by atoms with E-state index in [1.54, 1.807) is 0 Å². The summed E-state index contributed by atoms with van der Waals surface area (Å²) in [5, 5.41) is 0. The minimum atomic E-state index is -0.00842. The van der Waals surface area contributed by atoms with E-state index in [4.69, 9.17) is 0 Å². The van der Waals surface area contributed by atoms with Gasteiger partial charge in [-0.1, -0.05) is 44.2 Å². The Kier molecular flexibility index (Phi) is 4.60. The Morgan fingerprint density at radius 2 is 1.47 bits per heavy atom. The second kappa shape index (κ2) is 6.20. The zero-order valence-electron chi connectivity index (χ0n) is 10.4. The number of rotatable bonds is 4. The zero-order valence-corrected chi connectivity index (χ0v) is 12.5. The summed E-state index contributed by atoms with van der Waals surface area (Å²) >= 11 is -0.00842. The summed E-state index contributed by atoms with van der Waals surface area (Å²) in [5.74, 6) is 0.680. The Balaban J connectivity index is 2.08. The largest absolute Gasteiger partial charge is 0.357 e. The van der Waals surface area contributed by atoms with Crippen LogP contribution in [0.1, 0.15) is 31.7 Å². The molecule has 17 heavy (non-hydrogen) atoms. The number of hydrogen-bond acceptors (Lipinski definition) is 0.